The van der Waals surface area contributed by atoms with Gasteiger partial charge in [-0.25, -0.2) is 9.59 Å². The van der Waals surface area contributed by atoms with Crippen LogP contribution in [0.15, 0.2) is 18.2 Å². The molecule has 28 heavy (non-hydrogen) atoms. The molecule has 9 nitrogen and oxygen atoms in total. The molecule has 0 bridgehead atoms. The van der Waals surface area contributed by atoms with Gasteiger partial charge >= 0.3 is 11.9 Å². The van der Waals surface area contributed by atoms with Gasteiger partial charge in [0.15, 0.2) is 6.61 Å². The highest BCUT2D eigenvalue weighted by Gasteiger charge is 2.24. The largest absolute Gasteiger partial charge is 0.461 e. The summed E-state index contributed by atoms with van der Waals surface area (Å²) in [5, 5.41) is 2.65. The zero-order valence-electron chi connectivity index (χ0n) is 15.5. The van der Waals surface area contributed by atoms with Crippen molar-refractivity contribution >= 4 is 46.3 Å². The molecule has 0 saturated carbocycles. The Balaban J connectivity index is 1.66. The van der Waals surface area contributed by atoms with Crippen molar-refractivity contribution in [1.82, 2.24) is 13.7 Å². The average Bonchev–Trinajstić information content (AvgIpc) is 3.25. The highest BCUT2D eigenvalue weighted by Crippen LogP contribution is 2.22. The summed E-state index contributed by atoms with van der Waals surface area (Å²) in [5.74, 6) is -1.76. The number of H-pyrrole nitrogens is 1. The SMILES string of the molecule is CCOC(=O)c1[nH]c(C)c(C(=O)OCC(=O)Nc2cccc3nsnc23)c1C. The molecular formula is C18H18N4O5S. The molecule has 2 heterocycles. The molecule has 0 aliphatic rings. The number of hydrogen-bond acceptors (Lipinski definition) is 8. The van der Waals surface area contributed by atoms with E-state index >= 15 is 0 Å². The fourth-order valence-corrected chi connectivity index (χ4v) is 3.31. The van der Waals surface area contributed by atoms with E-state index in [4.69, 9.17) is 9.47 Å². The smallest absolute Gasteiger partial charge is 0.355 e. The second-order valence-corrected chi connectivity index (χ2v) is 6.44. The monoisotopic (exact) mass is 402 g/mol. The number of benzene rings is 1. The molecule has 146 valence electrons. The van der Waals surface area contributed by atoms with Gasteiger partial charge in [0.1, 0.15) is 16.7 Å². The predicted molar refractivity (Wildman–Crippen MR) is 103 cm³/mol. The van der Waals surface area contributed by atoms with Gasteiger partial charge in [-0.2, -0.15) is 8.75 Å². The zero-order chi connectivity index (χ0) is 20.3. The van der Waals surface area contributed by atoms with Crippen molar-refractivity contribution in [3.8, 4) is 0 Å². The summed E-state index contributed by atoms with van der Waals surface area (Å²) in [4.78, 5) is 39.3. The molecule has 2 N–H and O–H groups in total. The molecular weight excluding hydrogens is 384 g/mol. The average molecular weight is 402 g/mol. The molecule has 0 aliphatic heterocycles. The highest BCUT2D eigenvalue weighted by atomic mass is 32.1. The fourth-order valence-electron chi connectivity index (χ4n) is 2.76. The Labute approximate surface area is 164 Å². The van der Waals surface area contributed by atoms with Crippen molar-refractivity contribution < 1.29 is 23.9 Å². The van der Waals surface area contributed by atoms with E-state index in [1.54, 1.807) is 39.0 Å². The molecule has 0 saturated heterocycles. The summed E-state index contributed by atoms with van der Waals surface area (Å²) >= 11 is 1.04. The Morgan fingerprint density at radius 1 is 1.14 bits per heavy atom. The Hall–Kier alpha value is -3.27. The number of anilines is 1. The third-order valence-electron chi connectivity index (χ3n) is 4.02. The summed E-state index contributed by atoms with van der Waals surface area (Å²) in [7, 11) is 0. The molecule has 0 unspecified atom stereocenters. The van der Waals surface area contributed by atoms with Crippen LogP contribution in [-0.2, 0) is 14.3 Å². The quantitative estimate of drug-likeness (QED) is 0.608. The van der Waals surface area contributed by atoms with Crippen molar-refractivity contribution in [2.24, 2.45) is 0 Å². The summed E-state index contributed by atoms with van der Waals surface area (Å²) in [6, 6.07) is 5.22. The van der Waals surface area contributed by atoms with Crippen LogP contribution < -0.4 is 5.32 Å². The van der Waals surface area contributed by atoms with E-state index in [0.29, 0.717) is 28.0 Å². The molecule has 1 amide bonds. The van der Waals surface area contributed by atoms with Gasteiger partial charge in [0, 0.05) is 5.69 Å². The molecule has 0 atom stereocenters. The van der Waals surface area contributed by atoms with E-state index in [2.05, 4.69) is 19.0 Å². The van der Waals surface area contributed by atoms with E-state index in [-0.39, 0.29) is 17.9 Å². The fraction of sp³-hybridized carbons (Fsp3) is 0.278. The number of rotatable bonds is 6. The van der Waals surface area contributed by atoms with Gasteiger partial charge < -0.3 is 19.8 Å². The number of carbonyl (C=O) groups excluding carboxylic acids is 3. The van der Waals surface area contributed by atoms with E-state index in [1.807, 2.05) is 0 Å². The lowest BCUT2D eigenvalue weighted by Gasteiger charge is -2.07. The molecule has 3 rings (SSSR count). The Morgan fingerprint density at radius 2 is 1.93 bits per heavy atom. The maximum absolute atomic E-state index is 12.4. The van der Waals surface area contributed by atoms with Crippen molar-refractivity contribution in [2.45, 2.75) is 20.8 Å². The van der Waals surface area contributed by atoms with Crippen LogP contribution in [0.3, 0.4) is 0 Å². The lowest BCUT2D eigenvalue weighted by Crippen LogP contribution is -2.21. The van der Waals surface area contributed by atoms with Crippen LogP contribution in [0.25, 0.3) is 11.0 Å². The zero-order valence-corrected chi connectivity index (χ0v) is 16.3. The van der Waals surface area contributed by atoms with E-state index in [9.17, 15) is 14.4 Å². The normalized spacial score (nSPS) is 10.7. The topological polar surface area (TPSA) is 123 Å². The number of nitrogens with one attached hydrogen (secondary N) is 2. The number of ether oxygens (including phenoxy) is 2. The first-order valence-corrected chi connectivity index (χ1v) is 9.20. The van der Waals surface area contributed by atoms with Crippen LogP contribution >= 0.6 is 11.7 Å². The van der Waals surface area contributed by atoms with Gasteiger partial charge in [-0.1, -0.05) is 6.07 Å². The minimum absolute atomic E-state index is 0.193. The molecule has 0 spiro atoms. The Kier molecular flexibility index (Phi) is 5.69. The Morgan fingerprint density at radius 3 is 2.68 bits per heavy atom. The molecule has 0 radical (unpaired) electrons. The molecule has 0 aliphatic carbocycles. The van der Waals surface area contributed by atoms with Gasteiger partial charge in [-0.15, -0.1) is 0 Å². The lowest BCUT2D eigenvalue weighted by molar-refractivity contribution is -0.119. The van der Waals surface area contributed by atoms with Crippen molar-refractivity contribution in [3.05, 3.63) is 40.7 Å². The molecule has 10 heteroatoms. The summed E-state index contributed by atoms with van der Waals surface area (Å²) in [5.41, 5.74) is 3.02. The minimum atomic E-state index is -0.703. The van der Waals surface area contributed by atoms with Crippen LogP contribution in [0.4, 0.5) is 5.69 Å². The standard InChI is InChI=1S/C18H18N4O5S/c1-4-26-18(25)15-9(2)14(10(3)19-15)17(24)27-8-13(23)20-11-6-5-7-12-16(11)22-28-21-12/h5-7,19H,4,8H2,1-3H3,(H,20,23). The van der Waals surface area contributed by atoms with Crippen molar-refractivity contribution in [2.75, 3.05) is 18.5 Å². The van der Waals surface area contributed by atoms with Crippen LogP contribution in [0.2, 0.25) is 0 Å². The van der Waals surface area contributed by atoms with Gasteiger partial charge in [0.05, 0.1) is 29.6 Å². The number of amides is 1. The molecule has 0 fully saturated rings. The van der Waals surface area contributed by atoms with Crippen molar-refractivity contribution in [3.63, 3.8) is 0 Å². The third-order valence-corrected chi connectivity index (χ3v) is 4.56. The molecule has 1 aromatic carbocycles. The van der Waals surface area contributed by atoms with Gasteiger partial charge in [-0.3, -0.25) is 4.79 Å². The van der Waals surface area contributed by atoms with E-state index in [1.165, 1.54) is 0 Å². The van der Waals surface area contributed by atoms with Gasteiger partial charge in [0.25, 0.3) is 5.91 Å². The number of esters is 2. The Bertz CT molecular complexity index is 1060. The predicted octanol–water partition coefficient (Wildman–Crippen LogP) is 2.61. The second kappa shape index (κ2) is 8.17. The number of hydrogen-bond donors (Lipinski definition) is 2. The van der Waals surface area contributed by atoms with Crippen LogP contribution in [0.5, 0.6) is 0 Å². The molecule has 2 aromatic heterocycles. The maximum Gasteiger partial charge on any atom is 0.355 e. The second-order valence-electron chi connectivity index (χ2n) is 5.91. The number of aromatic nitrogens is 3. The van der Waals surface area contributed by atoms with Crippen molar-refractivity contribution in [1.29, 1.82) is 0 Å². The first kappa shape index (κ1) is 19.5. The minimum Gasteiger partial charge on any atom is -0.461 e. The van der Waals surface area contributed by atoms with Crippen LogP contribution in [0, 0.1) is 13.8 Å². The first-order valence-electron chi connectivity index (χ1n) is 8.47. The van der Waals surface area contributed by atoms with Gasteiger partial charge in [-0.05, 0) is 38.5 Å². The lowest BCUT2D eigenvalue weighted by atomic mass is 10.1. The highest BCUT2D eigenvalue weighted by molar-refractivity contribution is 7.00. The molecule has 3 aromatic rings. The number of aromatic amines is 1. The van der Waals surface area contributed by atoms with Crippen LogP contribution in [0.1, 0.15) is 39.0 Å². The number of carbonyl (C=O) groups is 3. The van der Waals surface area contributed by atoms with E-state index in [0.717, 1.165) is 11.7 Å². The maximum atomic E-state index is 12.4. The third kappa shape index (κ3) is 3.86. The number of fused-ring (bicyclic) bond motifs is 1. The number of aryl methyl sites for hydroxylation is 1. The summed E-state index contributed by atoms with van der Waals surface area (Å²) in [6.07, 6.45) is 0. The van der Waals surface area contributed by atoms with Gasteiger partial charge in [0.2, 0.25) is 0 Å². The number of nitrogens with zero attached hydrogens (tertiary/aromatic N) is 2. The van der Waals surface area contributed by atoms with E-state index < -0.39 is 24.5 Å². The summed E-state index contributed by atoms with van der Waals surface area (Å²) < 4.78 is 18.3. The van der Waals surface area contributed by atoms with Crippen LogP contribution in [-0.4, -0.2) is 44.8 Å². The summed E-state index contributed by atoms with van der Waals surface area (Å²) in [6.45, 7) is 4.69. The first-order chi connectivity index (χ1) is 13.4.